The van der Waals surface area contributed by atoms with E-state index in [-0.39, 0.29) is 0 Å². The van der Waals surface area contributed by atoms with Crippen LogP contribution in [0.2, 0.25) is 0 Å². The van der Waals surface area contributed by atoms with E-state index in [9.17, 15) is 0 Å². The maximum absolute atomic E-state index is 6.90. The minimum absolute atomic E-state index is 0.420. The van der Waals surface area contributed by atoms with E-state index < -0.39 is 6.29 Å². The third-order valence-electron chi connectivity index (χ3n) is 10.7. The summed E-state index contributed by atoms with van der Waals surface area (Å²) in [4.78, 5) is 10.1. The van der Waals surface area contributed by atoms with Gasteiger partial charge in [-0.1, -0.05) is 140 Å². The van der Waals surface area contributed by atoms with E-state index in [2.05, 4.69) is 149 Å². The summed E-state index contributed by atoms with van der Waals surface area (Å²) in [5, 5.41) is 11.0. The van der Waals surface area contributed by atoms with Crippen molar-refractivity contribution in [1.29, 1.82) is 0 Å². The molecule has 0 saturated heterocycles. The molecule has 9 aromatic rings. The van der Waals surface area contributed by atoms with Gasteiger partial charge in [0.1, 0.15) is 5.84 Å². The highest BCUT2D eigenvalue weighted by molar-refractivity contribution is 6.30. The monoisotopic (exact) mass is 665 g/mol. The Kier molecular flexibility index (Phi) is 6.10. The molecule has 0 amide bonds. The highest BCUT2D eigenvalue weighted by atomic mass is 15.2. The molecular weight excluding hydrogens is 635 g/mol. The second-order valence-electron chi connectivity index (χ2n) is 13.6. The normalized spacial score (nSPS) is 14.8. The Labute approximate surface area is 300 Å². The van der Waals surface area contributed by atoms with Gasteiger partial charge in [-0.2, -0.15) is 0 Å². The van der Waals surface area contributed by atoms with Crippen molar-refractivity contribution in [3.8, 4) is 27.9 Å². The fraction of sp³-hybridized carbons (Fsp3) is 0.0213. The lowest BCUT2D eigenvalue weighted by molar-refractivity contribution is 0.803. The van der Waals surface area contributed by atoms with Crippen LogP contribution >= 0.6 is 0 Å². The van der Waals surface area contributed by atoms with Crippen molar-refractivity contribution in [2.75, 3.05) is 5.32 Å². The maximum Gasteiger partial charge on any atom is 0.216 e. The van der Waals surface area contributed by atoms with Crippen molar-refractivity contribution in [3.05, 3.63) is 180 Å². The molecule has 1 aliphatic carbocycles. The van der Waals surface area contributed by atoms with Gasteiger partial charge in [-0.05, 0) is 62.7 Å². The maximum atomic E-state index is 6.90. The van der Waals surface area contributed by atoms with Crippen LogP contribution in [0.15, 0.2) is 174 Å². The lowest BCUT2D eigenvalue weighted by Gasteiger charge is -2.25. The minimum atomic E-state index is -0.601. The Hall–Kier alpha value is -6.98. The lowest BCUT2D eigenvalue weighted by atomic mass is 9.93. The first-order valence-electron chi connectivity index (χ1n) is 17.7. The number of anilines is 1. The van der Waals surface area contributed by atoms with Crippen LogP contribution in [0.4, 0.5) is 5.69 Å². The molecule has 1 atom stereocenters. The zero-order valence-electron chi connectivity index (χ0n) is 28.1. The Morgan fingerprint density at radius 3 is 2.10 bits per heavy atom. The summed E-state index contributed by atoms with van der Waals surface area (Å²) >= 11 is 0. The molecule has 8 aromatic carbocycles. The molecule has 0 fully saturated rings. The van der Waals surface area contributed by atoms with Gasteiger partial charge in [-0.15, -0.1) is 0 Å². The summed E-state index contributed by atoms with van der Waals surface area (Å²) in [5.74, 6) is 0.420. The highest BCUT2D eigenvalue weighted by Gasteiger charge is 2.26. The van der Waals surface area contributed by atoms with Crippen LogP contribution < -0.4 is 11.1 Å². The Morgan fingerprint density at radius 2 is 1.23 bits per heavy atom. The first kappa shape index (κ1) is 28.8. The molecule has 5 nitrogen and oxygen atoms in total. The number of amidine groups is 1. The number of aromatic nitrogens is 1. The van der Waals surface area contributed by atoms with E-state index in [1.165, 1.54) is 43.8 Å². The number of rotatable bonds is 4. The number of aliphatic imine (C=N–C) groups is 2. The fourth-order valence-corrected chi connectivity index (χ4v) is 8.48. The van der Waals surface area contributed by atoms with Gasteiger partial charge in [0.15, 0.2) is 0 Å². The molecule has 0 radical (unpaired) electrons. The smallest absolute Gasteiger partial charge is 0.216 e. The van der Waals surface area contributed by atoms with E-state index in [1.54, 1.807) is 0 Å². The number of benzene rings is 8. The average molecular weight is 666 g/mol. The van der Waals surface area contributed by atoms with Crippen molar-refractivity contribution >= 4 is 60.6 Å². The van der Waals surface area contributed by atoms with Crippen LogP contribution in [0.3, 0.4) is 0 Å². The van der Waals surface area contributed by atoms with E-state index in [1.807, 2.05) is 24.3 Å². The minimum Gasteiger partial charge on any atom is -0.383 e. The van der Waals surface area contributed by atoms with Crippen molar-refractivity contribution in [2.24, 2.45) is 15.7 Å². The van der Waals surface area contributed by atoms with Gasteiger partial charge >= 0.3 is 0 Å². The molecule has 5 heteroatoms. The molecule has 0 saturated carbocycles. The Balaban J connectivity index is 1.07. The van der Waals surface area contributed by atoms with Crippen LogP contribution in [-0.4, -0.2) is 22.4 Å². The van der Waals surface area contributed by atoms with Crippen LogP contribution in [0.5, 0.6) is 0 Å². The van der Waals surface area contributed by atoms with Gasteiger partial charge in [0, 0.05) is 38.5 Å². The molecule has 1 unspecified atom stereocenters. The van der Waals surface area contributed by atoms with Crippen LogP contribution in [0.1, 0.15) is 16.7 Å². The standard InChI is InChI=1S/C47H31N5/c48-46(51-47-49-44(30-12-2-1-3-13-30)38-25-23-28-11-4-5-17-33(28)45(38)50-47)31-15-8-16-32(27-31)52-39-22-10-21-37-35-19-7-6-18-34(35)36-20-9-14-29-24-26-40(52)43(41(29)36)42(37)39/h1-27,47,50H,(H2,48,51). The average Bonchev–Trinajstić information content (AvgIpc) is 3.49. The van der Waals surface area contributed by atoms with Crippen molar-refractivity contribution in [2.45, 2.75) is 6.29 Å². The first-order valence-corrected chi connectivity index (χ1v) is 17.7. The zero-order valence-corrected chi connectivity index (χ0v) is 28.1. The lowest BCUT2D eigenvalue weighted by Crippen LogP contribution is -2.28. The molecule has 1 aliphatic heterocycles. The molecule has 52 heavy (non-hydrogen) atoms. The van der Waals surface area contributed by atoms with Gasteiger partial charge in [-0.3, -0.25) is 0 Å². The highest BCUT2D eigenvalue weighted by Crippen LogP contribution is 2.49. The summed E-state index contributed by atoms with van der Waals surface area (Å²) < 4.78 is 2.38. The van der Waals surface area contributed by atoms with Gasteiger partial charge in [0.2, 0.25) is 6.29 Å². The van der Waals surface area contributed by atoms with Gasteiger partial charge in [0.25, 0.3) is 0 Å². The number of hydrogen-bond donors (Lipinski definition) is 2. The van der Waals surface area contributed by atoms with Gasteiger partial charge < -0.3 is 15.6 Å². The van der Waals surface area contributed by atoms with E-state index >= 15 is 0 Å². The van der Waals surface area contributed by atoms with Crippen molar-refractivity contribution < 1.29 is 0 Å². The largest absolute Gasteiger partial charge is 0.383 e. The molecule has 11 rings (SSSR count). The number of nitrogens with two attached hydrogens (primary N) is 1. The summed E-state index contributed by atoms with van der Waals surface area (Å²) in [6.07, 6.45) is -0.601. The van der Waals surface area contributed by atoms with Crippen LogP contribution in [0.25, 0.3) is 71.3 Å². The third kappa shape index (κ3) is 4.17. The third-order valence-corrected chi connectivity index (χ3v) is 10.7. The van der Waals surface area contributed by atoms with Crippen LogP contribution in [-0.2, 0) is 0 Å². The first-order chi connectivity index (χ1) is 25.7. The Morgan fingerprint density at radius 1 is 0.558 bits per heavy atom. The van der Waals surface area contributed by atoms with Gasteiger partial charge in [-0.25, -0.2) is 9.98 Å². The number of fused-ring (bicyclic) bond motifs is 6. The predicted molar refractivity (Wildman–Crippen MR) is 217 cm³/mol. The van der Waals surface area contributed by atoms with E-state index in [0.717, 1.165) is 55.6 Å². The molecule has 3 N–H and O–H groups in total. The number of hydrogen-bond acceptors (Lipinski definition) is 3. The SMILES string of the molecule is N/C(=N\C1N=C(c2ccccc2)c2ccc3ccccc3c2N1)c1cccc(-n2c3cccc4c3c3c5c(cccc5ccc32)-c2ccccc2-4)c1. The van der Waals surface area contributed by atoms with Gasteiger partial charge in [0.05, 0.1) is 22.4 Å². The van der Waals surface area contributed by atoms with E-state index in [4.69, 9.17) is 15.7 Å². The second kappa shape index (κ2) is 11.0. The summed E-state index contributed by atoms with van der Waals surface area (Å²) in [7, 11) is 0. The second-order valence-corrected chi connectivity index (χ2v) is 13.6. The zero-order chi connectivity index (χ0) is 34.3. The topological polar surface area (TPSA) is 67.7 Å². The van der Waals surface area contributed by atoms with Crippen LogP contribution in [0, 0.1) is 0 Å². The quantitative estimate of drug-likeness (QED) is 0.145. The molecule has 2 aliphatic rings. The molecule has 1 aromatic heterocycles. The number of nitrogens with zero attached hydrogens (tertiary/aromatic N) is 3. The summed E-state index contributed by atoms with van der Waals surface area (Å²) in [6, 6.07) is 58.0. The fourth-order valence-electron chi connectivity index (χ4n) is 8.48. The van der Waals surface area contributed by atoms with E-state index in [0.29, 0.717) is 5.84 Å². The van der Waals surface area contributed by atoms with Crippen molar-refractivity contribution in [1.82, 2.24) is 4.57 Å². The molecule has 0 spiro atoms. The van der Waals surface area contributed by atoms with Crippen molar-refractivity contribution in [3.63, 3.8) is 0 Å². The molecule has 2 heterocycles. The summed E-state index contributed by atoms with van der Waals surface area (Å²) in [6.45, 7) is 0. The molecule has 0 bridgehead atoms. The number of nitrogens with one attached hydrogen (secondary N) is 1. The molecule has 244 valence electrons. The Bertz CT molecular complexity index is 3010. The summed E-state index contributed by atoms with van der Waals surface area (Å²) in [5.41, 5.74) is 20.1. The predicted octanol–water partition coefficient (Wildman–Crippen LogP) is 10.7. The molecular formula is C47H31N5.